The number of morpholine rings is 1. The van der Waals surface area contributed by atoms with Gasteiger partial charge < -0.3 is 19.7 Å². The Morgan fingerprint density at radius 2 is 1.92 bits per heavy atom. The molecule has 0 aromatic heterocycles. The van der Waals surface area contributed by atoms with E-state index in [9.17, 15) is 0 Å². The smallest absolute Gasteiger partial charge is 0.194 e. The molecule has 6 nitrogen and oxygen atoms in total. The van der Waals surface area contributed by atoms with E-state index in [1.807, 2.05) is 0 Å². The summed E-state index contributed by atoms with van der Waals surface area (Å²) in [5, 5.41) is 3.50. The normalized spacial score (nSPS) is 29.6. The zero-order chi connectivity index (χ0) is 17.0. The van der Waals surface area contributed by atoms with Crippen LogP contribution in [0.1, 0.15) is 33.6 Å². The van der Waals surface area contributed by atoms with Crippen LogP contribution >= 0.6 is 0 Å². The van der Waals surface area contributed by atoms with E-state index >= 15 is 0 Å². The van der Waals surface area contributed by atoms with Gasteiger partial charge in [0.15, 0.2) is 5.96 Å². The highest BCUT2D eigenvalue weighted by molar-refractivity contribution is 5.80. The molecule has 6 heteroatoms. The molecule has 0 bridgehead atoms. The highest BCUT2D eigenvalue weighted by Gasteiger charge is 2.42. The molecular formula is C18H34N4O2. The lowest BCUT2D eigenvalue weighted by molar-refractivity contribution is -0.00689. The fourth-order valence-electron chi connectivity index (χ4n) is 4.05. The van der Waals surface area contributed by atoms with E-state index < -0.39 is 0 Å². The Morgan fingerprint density at radius 1 is 1.12 bits per heavy atom. The lowest BCUT2D eigenvalue weighted by Crippen LogP contribution is -2.52. The van der Waals surface area contributed by atoms with Crippen LogP contribution < -0.4 is 5.32 Å². The zero-order valence-corrected chi connectivity index (χ0v) is 15.6. The Balaban J connectivity index is 1.63. The second-order valence-corrected chi connectivity index (χ2v) is 8.06. The molecule has 0 saturated carbocycles. The van der Waals surface area contributed by atoms with Gasteiger partial charge in [0.05, 0.1) is 26.4 Å². The number of rotatable bonds is 4. The van der Waals surface area contributed by atoms with E-state index in [-0.39, 0.29) is 5.54 Å². The van der Waals surface area contributed by atoms with Crippen LogP contribution in [0.5, 0.6) is 0 Å². The number of hydrogen-bond acceptors (Lipinski definition) is 4. The van der Waals surface area contributed by atoms with Gasteiger partial charge in [0, 0.05) is 50.3 Å². The molecule has 3 fully saturated rings. The van der Waals surface area contributed by atoms with Gasteiger partial charge in [0.25, 0.3) is 0 Å². The van der Waals surface area contributed by atoms with E-state index in [0.29, 0.717) is 5.41 Å². The molecule has 3 heterocycles. The van der Waals surface area contributed by atoms with Gasteiger partial charge in [-0.05, 0) is 33.6 Å². The quantitative estimate of drug-likeness (QED) is 0.616. The minimum absolute atomic E-state index is 0.0678. The number of nitrogens with zero attached hydrogens (tertiary/aromatic N) is 3. The number of ether oxygens (including phenoxy) is 2. The molecule has 3 aliphatic rings. The van der Waals surface area contributed by atoms with E-state index in [1.54, 1.807) is 0 Å². The molecule has 3 rings (SSSR count). The Hall–Kier alpha value is -0.850. The molecule has 0 amide bonds. The molecule has 3 saturated heterocycles. The molecule has 0 aromatic carbocycles. The minimum atomic E-state index is 0.0678. The largest absolute Gasteiger partial charge is 0.381 e. The summed E-state index contributed by atoms with van der Waals surface area (Å²) >= 11 is 0. The first-order valence-electron chi connectivity index (χ1n) is 9.49. The summed E-state index contributed by atoms with van der Waals surface area (Å²) < 4.78 is 11.1. The molecule has 1 spiro atoms. The van der Waals surface area contributed by atoms with Crippen LogP contribution in [-0.2, 0) is 9.47 Å². The van der Waals surface area contributed by atoms with Crippen LogP contribution in [0.15, 0.2) is 4.99 Å². The van der Waals surface area contributed by atoms with Gasteiger partial charge in [-0.3, -0.25) is 9.89 Å². The lowest BCUT2D eigenvalue weighted by atomic mass is 9.87. The summed E-state index contributed by atoms with van der Waals surface area (Å²) in [5.74, 6) is 1.07. The maximum atomic E-state index is 5.66. The standard InChI is InChI=1S/C18H34N4O2/c1-4-19-16(21-7-5-18(14-21)6-10-24-15-18)20-13-17(2,3)22-8-11-23-12-9-22/h4-15H2,1-3H3,(H,19,20). The van der Waals surface area contributed by atoms with E-state index in [2.05, 4.69) is 35.9 Å². The molecule has 0 radical (unpaired) electrons. The van der Waals surface area contributed by atoms with E-state index in [1.165, 1.54) is 12.8 Å². The van der Waals surface area contributed by atoms with Gasteiger partial charge in [-0.2, -0.15) is 0 Å². The number of nitrogens with one attached hydrogen (secondary N) is 1. The van der Waals surface area contributed by atoms with Crippen molar-refractivity contribution in [3.63, 3.8) is 0 Å². The predicted octanol–water partition coefficient (Wildman–Crippen LogP) is 1.18. The molecule has 0 aromatic rings. The van der Waals surface area contributed by atoms with Crippen molar-refractivity contribution in [1.82, 2.24) is 15.1 Å². The van der Waals surface area contributed by atoms with Gasteiger partial charge in [0.2, 0.25) is 0 Å². The average molecular weight is 338 g/mol. The number of likely N-dealkylation sites (tertiary alicyclic amines) is 1. The van der Waals surface area contributed by atoms with Crippen LogP contribution in [-0.4, -0.2) is 87.0 Å². The average Bonchev–Trinajstić information content (AvgIpc) is 3.23. The maximum absolute atomic E-state index is 5.66. The molecule has 24 heavy (non-hydrogen) atoms. The van der Waals surface area contributed by atoms with Gasteiger partial charge >= 0.3 is 0 Å². The molecule has 1 atom stereocenters. The monoisotopic (exact) mass is 338 g/mol. The van der Waals surface area contributed by atoms with Crippen LogP contribution in [0, 0.1) is 5.41 Å². The molecule has 1 N–H and O–H groups in total. The van der Waals surface area contributed by atoms with Crippen molar-refractivity contribution in [3.8, 4) is 0 Å². The molecule has 3 aliphatic heterocycles. The third-order valence-corrected chi connectivity index (χ3v) is 5.74. The van der Waals surface area contributed by atoms with Gasteiger partial charge in [0.1, 0.15) is 0 Å². The summed E-state index contributed by atoms with van der Waals surface area (Å²) in [6, 6.07) is 0. The van der Waals surface area contributed by atoms with Crippen molar-refractivity contribution in [2.24, 2.45) is 10.4 Å². The fourth-order valence-corrected chi connectivity index (χ4v) is 4.05. The Kier molecular flexibility index (Phi) is 5.67. The first-order chi connectivity index (χ1) is 11.5. The summed E-state index contributed by atoms with van der Waals surface area (Å²) in [7, 11) is 0. The van der Waals surface area contributed by atoms with Gasteiger partial charge in [-0.1, -0.05) is 0 Å². The van der Waals surface area contributed by atoms with Gasteiger partial charge in [-0.15, -0.1) is 0 Å². The van der Waals surface area contributed by atoms with E-state index in [4.69, 9.17) is 14.5 Å². The summed E-state index contributed by atoms with van der Waals surface area (Å²) in [6.45, 7) is 16.1. The summed E-state index contributed by atoms with van der Waals surface area (Å²) in [5.41, 5.74) is 0.439. The van der Waals surface area contributed by atoms with Crippen molar-refractivity contribution in [1.29, 1.82) is 0 Å². The SMILES string of the molecule is CCNC(=NCC(C)(C)N1CCOCC1)N1CCC2(CCOC2)C1. The Morgan fingerprint density at radius 3 is 2.58 bits per heavy atom. The molecule has 138 valence electrons. The highest BCUT2D eigenvalue weighted by atomic mass is 16.5. The van der Waals surface area contributed by atoms with Gasteiger partial charge in [-0.25, -0.2) is 0 Å². The molecule has 1 unspecified atom stereocenters. The van der Waals surface area contributed by atoms with Crippen LogP contribution in [0.3, 0.4) is 0 Å². The third kappa shape index (κ3) is 4.03. The number of hydrogen-bond donors (Lipinski definition) is 1. The second-order valence-electron chi connectivity index (χ2n) is 8.06. The van der Waals surface area contributed by atoms with Crippen molar-refractivity contribution >= 4 is 5.96 Å². The van der Waals surface area contributed by atoms with Crippen LogP contribution in [0.4, 0.5) is 0 Å². The van der Waals surface area contributed by atoms with Crippen molar-refractivity contribution in [2.45, 2.75) is 39.2 Å². The molecular weight excluding hydrogens is 304 g/mol. The minimum Gasteiger partial charge on any atom is -0.381 e. The zero-order valence-electron chi connectivity index (χ0n) is 15.6. The maximum Gasteiger partial charge on any atom is 0.194 e. The first-order valence-corrected chi connectivity index (χ1v) is 9.49. The fraction of sp³-hybridized carbons (Fsp3) is 0.944. The number of aliphatic imine (C=N–C) groups is 1. The first kappa shape index (κ1) is 18.0. The molecule has 0 aliphatic carbocycles. The number of guanidine groups is 1. The summed E-state index contributed by atoms with van der Waals surface area (Å²) in [6.07, 6.45) is 2.42. The van der Waals surface area contributed by atoms with Crippen LogP contribution in [0.2, 0.25) is 0 Å². The predicted molar refractivity (Wildman–Crippen MR) is 96.5 cm³/mol. The van der Waals surface area contributed by atoms with Crippen molar-refractivity contribution in [3.05, 3.63) is 0 Å². The summed E-state index contributed by atoms with van der Waals surface area (Å²) in [4.78, 5) is 9.94. The Labute approximate surface area is 146 Å². The van der Waals surface area contributed by atoms with E-state index in [0.717, 1.165) is 71.7 Å². The second kappa shape index (κ2) is 7.58. The lowest BCUT2D eigenvalue weighted by Gasteiger charge is -2.40. The topological polar surface area (TPSA) is 49.3 Å². The highest BCUT2D eigenvalue weighted by Crippen LogP contribution is 2.38. The Bertz CT molecular complexity index is 440. The van der Waals surface area contributed by atoms with Crippen molar-refractivity contribution < 1.29 is 9.47 Å². The third-order valence-electron chi connectivity index (χ3n) is 5.74. The van der Waals surface area contributed by atoms with Crippen molar-refractivity contribution in [2.75, 3.05) is 65.7 Å². The van der Waals surface area contributed by atoms with Crippen LogP contribution in [0.25, 0.3) is 0 Å².